The Morgan fingerprint density at radius 1 is 1.00 bits per heavy atom. The molecule has 0 rings (SSSR count). The molecule has 0 atom stereocenters. The Kier molecular flexibility index (Phi) is 271. The molecule has 0 saturated carbocycles. The van der Waals surface area contributed by atoms with E-state index in [0.29, 0.717) is 0 Å². The van der Waals surface area contributed by atoms with Gasteiger partial charge in [0.05, 0.1) is 0 Å². The topological polar surface area (TPSA) is 0 Å². The van der Waals surface area contributed by atoms with Gasteiger partial charge in [0.1, 0.15) is 0 Å². The Bertz CT molecular complexity index is 11.6. The molecule has 0 aliphatic heterocycles. The molecule has 5 heavy (non-hydrogen) atoms. The van der Waals surface area contributed by atoms with Gasteiger partial charge in [0.25, 0.3) is 0 Å². The van der Waals surface area contributed by atoms with Crippen molar-refractivity contribution in [2.45, 2.75) is 0 Å². The van der Waals surface area contributed by atoms with Crippen LogP contribution in [0.2, 0.25) is 0 Å². The summed E-state index contributed by atoms with van der Waals surface area (Å²) in [6.45, 7) is 0. The van der Waals surface area contributed by atoms with Crippen LogP contribution in [0.4, 0.5) is 0 Å². The molecule has 0 heterocycles. The van der Waals surface area contributed by atoms with Gasteiger partial charge >= 0.3 is 0 Å². The number of rotatable bonds is 0. The summed E-state index contributed by atoms with van der Waals surface area (Å²) in [7, 11) is 0. The van der Waals surface area contributed by atoms with Crippen molar-refractivity contribution in [3.05, 3.63) is 0 Å². The van der Waals surface area contributed by atoms with Crippen LogP contribution in [0.5, 0.6) is 0 Å². The maximum Gasteiger partial charge on any atom is 0.187 e. The molecule has 2 radical (unpaired) electrons. The second-order valence-corrected chi connectivity index (χ2v) is 0. The third-order valence-electron chi connectivity index (χ3n) is 0. The van der Waals surface area contributed by atoms with Crippen LogP contribution in [-0.2, 0) is 72.3 Å². The fourth-order valence-corrected chi connectivity index (χ4v) is 0. The van der Waals surface area contributed by atoms with Gasteiger partial charge in [-0.2, -0.15) is 0 Å². The standard InChI is InChI=1S/Al.Cu.Mn.Ni.Ti.3H. The Morgan fingerprint density at radius 2 is 1.00 bits per heavy atom. The normalized spacial score (nSPS) is 0. The summed E-state index contributed by atoms with van der Waals surface area (Å²) in [6, 6.07) is 0. The molecule has 0 amide bonds. The van der Waals surface area contributed by atoms with E-state index in [2.05, 4.69) is 0 Å². The molecule has 0 aliphatic carbocycles. The van der Waals surface area contributed by atoms with Crippen LogP contribution < -0.4 is 0 Å². The molecule has 0 nitrogen and oxygen atoms in total. The van der Waals surface area contributed by atoms with Crippen LogP contribution in [0.15, 0.2) is 0 Å². The van der Waals surface area contributed by atoms with Gasteiger partial charge in [0.2, 0.25) is 0 Å². The first-order chi connectivity index (χ1) is 0. The maximum atomic E-state index is 0. The quantitative estimate of drug-likeness (QED) is 0.477. The first-order valence-corrected chi connectivity index (χ1v) is 0. The van der Waals surface area contributed by atoms with Crippen molar-refractivity contribution in [3.63, 3.8) is 0 Å². The van der Waals surface area contributed by atoms with E-state index in [1.165, 1.54) is 0 Å². The van der Waals surface area contributed by atoms with Gasteiger partial charge in [-0.25, -0.2) is 0 Å². The molecule has 0 aromatic heterocycles. The van der Waals surface area contributed by atoms with Crippen molar-refractivity contribution in [1.82, 2.24) is 0 Å². The maximum absolute atomic E-state index is 0. The summed E-state index contributed by atoms with van der Waals surface area (Å²) < 4.78 is 0. The summed E-state index contributed by atoms with van der Waals surface area (Å²) in [5.74, 6) is 0. The molecule has 0 fully saturated rings. The predicted octanol–water partition coefficient (Wildman–Crippen LogP) is -1.19. The fourth-order valence-electron chi connectivity index (χ4n) is 0. The van der Waals surface area contributed by atoms with E-state index in [9.17, 15) is 0 Å². The van der Waals surface area contributed by atoms with Crippen LogP contribution >= 0.6 is 0 Å². The molecular formula is H3AlCuMnNiTi. The second-order valence-electron chi connectivity index (χ2n) is 0. The van der Waals surface area contributed by atoms with Crippen LogP contribution in [0.3, 0.4) is 0 Å². The molecule has 5 heteroatoms. The largest absolute Gasteiger partial charge is 0.187 e. The predicted molar refractivity (Wildman–Crippen MR) is 9.94 cm³/mol. The van der Waals surface area contributed by atoms with Gasteiger partial charge in [-0.3, -0.25) is 0 Å². The molecule has 0 bridgehead atoms. The van der Waals surface area contributed by atoms with E-state index in [1.807, 2.05) is 0 Å². The summed E-state index contributed by atoms with van der Waals surface area (Å²) in [4.78, 5) is 0. The van der Waals surface area contributed by atoms with Crippen LogP contribution in [0.25, 0.3) is 0 Å². The average Bonchev–Trinajstić information content (AvgIpc) is 0. The van der Waals surface area contributed by atoms with Crippen molar-refractivity contribution in [2.75, 3.05) is 0 Å². The molecular weight excluding hydrogens is 252 g/mol. The molecule has 38 valence electrons. The van der Waals surface area contributed by atoms with E-state index in [4.69, 9.17) is 0 Å². The zero-order valence-corrected chi connectivity index (χ0v) is 6.17. The molecule has 0 spiro atoms. The third kappa shape index (κ3) is 20.0. The fraction of sp³-hybridized carbons (Fsp3) is 0. The van der Waals surface area contributed by atoms with Gasteiger partial charge in [0.15, 0.2) is 17.4 Å². The van der Waals surface area contributed by atoms with E-state index in [1.54, 1.807) is 0 Å². The molecule has 0 saturated heterocycles. The van der Waals surface area contributed by atoms with Crippen molar-refractivity contribution in [2.24, 2.45) is 0 Å². The van der Waals surface area contributed by atoms with Crippen LogP contribution in [0.1, 0.15) is 0 Å². The van der Waals surface area contributed by atoms with Gasteiger partial charge in [-0.15, -0.1) is 0 Å². The van der Waals surface area contributed by atoms with E-state index in [0.717, 1.165) is 0 Å². The zero-order valence-electron chi connectivity index (χ0n) is 1.50. The van der Waals surface area contributed by atoms with E-state index >= 15 is 0 Å². The summed E-state index contributed by atoms with van der Waals surface area (Å²) in [6.07, 6.45) is 0. The van der Waals surface area contributed by atoms with Gasteiger partial charge < -0.3 is 0 Å². The van der Waals surface area contributed by atoms with Crippen LogP contribution in [-0.4, -0.2) is 17.4 Å². The minimum atomic E-state index is 0. The van der Waals surface area contributed by atoms with Crippen molar-refractivity contribution < 1.29 is 72.3 Å². The number of hydrogen-bond donors (Lipinski definition) is 0. The van der Waals surface area contributed by atoms with Gasteiger partial charge in [-0.05, 0) is 0 Å². The first kappa shape index (κ1) is 46.3. The Labute approximate surface area is 88.5 Å². The van der Waals surface area contributed by atoms with Gasteiger partial charge in [0, 0.05) is 72.3 Å². The molecule has 0 aromatic carbocycles. The average molecular weight is 255 g/mol. The SMILES string of the molecule is [AlH3].[Cu].[Mn].[Ni].[Ti]. The molecule has 0 aromatic rings. The zero-order chi connectivity index (χ0) is 0. The van der Waals surface area contributed by atoms with E-state index in [-0.39, 0.29) is 89.7 Å². The van der Waals surface area contributed by atoms with Crippen molar-refractivity contribution >= 4 is 17.4 Å². The summed E-state index contributed by atoms with van der Waals surface area (Å²) in [5.41, 5.74) is 0. The van der Waals surface area contributed by atoms with Crippen LogP contribution in [0, 0.1) is 0 Å². The minimum Gasteiger partial charge on any atom is 0 e. The third-order valence-corrected chi connectivity index (χ3v) is 0. The monoisotopic (exact) mass is 254 g/mol. The minimum absolute atomic E-state index is 0. The summed E-state index contributed by atoms with van der Waals surface area (Å²) >= 11 is 0. The molecule has 0 aliphatic rings. The van der Waals surface area contributed by atoms with E-state index < -0.39 is 0 Å². The number of hydrogen-bond acceptors (Lipinski definition) is 0. The first-order valence-electron chi connectivity index (χ1n) is 0. The Balaban J connectivity index is 0. The Morgan fingerprint density at radius 3 is 1.00 bits per heavy atom. The second kappa shape index (κ2) is 29.3. The summed E-state index contributed by atoms with van der Waals surface area (Å²) in [5, 5.41) is 0. The molecule has 0 unspecified atom stereocenters. The van der Waals surface area contributed by atoms with Crippen molar-refractivity contribution in [3.8, 4) is 0 Å². The Hall–Kier alpha value is 2.78. The van der Waals surface area contributed by atoms with Crippen molar-refractivity contribution in [1.29, 1.82) is 0 Å². The van der Waals surface area contributed by atoms with Gasteiger partial charge in [-0.1, -0.05) is 0 Å². The smallest absolute Gasteiger partial charge is 0 e. The molecule has 0 N–H and O–H groups in total.